The topological polar surface area (TPSA) is 72.6 Å². The highest BCUT2D eigenvalue weighted by Crippen LogP contribution is 2.47. The van der Waals surface area contributed by atoms with E-state index in [1.807, 2.05) is 6.92 Å². The fraction of sp³-hybridized carbons (Fsp3) is 0.700. The first kappa shape index (κ1) is 9.37. The van der Waals surface area contributed by atoms with Crippen LogP contribution < -0.4 is 5.73 Å². The van der Waals surface area contributed by atoms with Crippen LogP contribution in [0.3, 0.4) is 0 Å². The van der Waals surface area contributed by atoms with Crippen LogP contribution in [0.5, 0.6) is 0 Å². The summed E-state index contributed by atoms with van der Waals surface area (Å²) in [5.74, 6) is -0.834. The van der Waals surface area contributed by atoms with Gasteiger partial charge < -0.3 is 15.6 Å². The van der Waals surface area contributed by atoms with Crippen molar-refractivity contribution in [1.29, 1.82) is 0 Å². The number of fused-ring (bicyclic) bond motifs is 1. The SMILES string of the molecule is CC12CCCCC1C(C(N)=O)=C(O)O2. The number of amides is 1. The highest BCUT2D eigenvalue weighted by atomic mass is 16.6. The molecule has 0 aromatic heterocycles. The van der Waals surface area contributed by atoms with Crippen molar-refractivity contribution in [2.75, 3.05) is 0 Å². The van der Waals surface area contributed by atoms with Crippen LogP contribution in [-0.2, 0) is 9.53 Å². The number of primary amides is 1. The number of ether oxygens (including phenoxy) is 1. The lowest BCUT2D eigenvalue weighted by molar-refractivity contribution is -0.115. The van der Waals surface area contributed by atoms with E-state index < -0.39 is 11.5 Å². The maximum absolute atomic E-state index is 11.1. The fourth-order valence-corrected chi connectivity index (χ4v) is 2.58. The molecule has 4 heteroatoms. The van der Waals surface area contributed by atoms with Gasteiger partial charge in [-0.05, 0) is 26.2 Å². The third-order valence-electron chi connectivity index (χ3n) is 3.33. The lowest BCUT2D eigenvalue weighted by Gasteiger charge is -2.35. The molecule has 78 valence electrons. The highest BCUT2D eigenvalue weighted by Gasteiger charge is 2.49. The second kappa shape index (κ2) is 2.90. The molecule has 0 aromatic carbocycles. The molecule has 0 aromatic rings. The summed E-state index contributed by atoms with van der Waals surface area (Å²) in [6.07, 6.45) is 3.89. The molecule has 1 aliphatic carbocycles. The summed E-state index contributed by atoms with van der Waals surface area (Å²) < 4.78 is 5.36. The minimum Gasteiger partial charge on any atom is -0.481 e. The molecule has 0 radical (unpaired) electrons. The summed E-state index contributed by atoms with van der Waals surface area (Å²) in [4.78, 5) is 11.1. The van der Waals surface area contributed by atoms with Crippen molar-refractivity contribution in [1.82, 2.24) is 0 Å². The Bertz CT molecular complexity index is 310. The van der Waals surface area contributed by atoms with Crippen LogP contribution in [0.1, 0.15) is 32.6 Å². The number of hydrogen-bond donors (Lipinski definition) is 2. The van der Waals surface area contributed by atoms with Gasteiger partial charge in [0.05, 0.1) is 0 Å². The average Bonchev–Trinajstić information content (AvgIpc) is 2.34. The van der Waals surface area contributed by atoms with Crippen LogP contribution in [-0.4, -0.2) is 16.6 Å². The number of hydrogen-bond acceptors (Lipinski definition) is 3. The zero-order chi connectivity index (χ0) is 10.3. The lowest BCUT2D eigenvalue weighted by atomic mass is 9.74. The maximum Gasteiger partial charge on any atom is 0.286 e. The Morgan fingerprint density at radius 2 is 2.36 bits per heavy atom. The number of rotatable bonds is 1. The lowest BCUT2D eigenvalue weighted by Crippen LogP contribution is -2.38. The molecule has 2 atom stereocenters. The number of carbonyl (C=O) groups excluding carboxylic acids is 1. The van der Waals surface area contributed by atoms with Crippen molar-refractivity contribution in [2.24, 2.45) is 11.7 Å². The molecule has 4 nitrogen and oxygen atoms in total. The smallest absolute Gasteiger partial charge is 0.286 e. The van der Waals surface area contributed by atoms with Crippen LogP contribution in [0.2, 0.25) is 0 Å². The van der Waals surface area contributed by atoms with Gasteiger partial charge in [-0.1, -0.05) is 6.42 Å². The van der Waals surface area contributed by atoms with Crippen molar-refractivity contribution in [3.63, 3.8) is 0 Å². The molecular formula is C10H15NO3. The summed E-state index contributed by atoms with van der Waals surface area (Å²) in [7, 11) is 0. The minimum atomic E-state index is -0.557. The molecule has 2 unspecified atom stereocenters. The van der Waals surface area contributed by atoms with E-state index in [-0.39, 0.29) is 17.4 Å². The van der Waals surface area contributed by atoms with E-state index in [1.54, 1.807) is 0 Å². The Morgan fingerprint density at radius 1 is 1.64 bits per heavy atom. The molecule has 1 heterocycles. The van der Waals surface area contributed by atoms with Crippen LogP contribution >= 0.6 is 0 Å². The van der Waals surface area contributed by atoms with Crippen LogP contribution in [0.4, 0.5) is 0 Å². The van der Waals surface area contributed by atoms with E-state index in [1.165, 1.54) is 0 Å². The number of aliphatic hydroxyl groups is 1. The van der Waals surface area contributed by atoms with Crippen molar-refractivity contribution in [2.45, 2.75) is 38.2 Å². The largest absolute Gasteiger partial charge is 0.481 e. The Hall–Kier alpha value is -1.19. The molecule has 1 amide bonds. The first-order chi connectivity index (χ1) is 6.54. The normalized spacial score (nSPS) is 36.5. The second-order valence-corrected chi connectivity index (χ2v) is 4.30. The van der Waals surface area contributed by atoms with Gasteiger partial charge in [-0.15, -0.1) is 0 Å². The molecule has 0 spiro atoms. The minimum absolute atomic E-state index is 0.0197. The summed E-state index contributed by atoms with van der Waals surface area (Å²) in [5, 5.41) is 9.51. The predicted octanol–water partition coefficient (Wildman–Crippen LogP) is 1.22. The second-order valence-electron chi connectivity index (χ2n) is 4.30. The van der Waals surface area contributed by atoms with E-state index in [9.17, 15) is 9.90 Å². The zero-order valence-electron chi connectivity index (χ0n) is 8.25. The average molecular weight is 197 g/mol. The van der Waals surface area contributed by atoms with Gasteiger partial charge in [0.15, 0.2) is 0 Å². The Labute approximate surface area is 82.7 Å². The fourth-order valence-electron chi connectivity index (χ4n) is 2.58. The first-order valence-corrected chi connectivity index (χ1v) is 4.96. The highest BCUT2D eigenvalue weighted by molar-refractivity contribution is 5.93. The molecular weight excluding hydrogens is 182 g/mol. The number of nitrogens with two attached hydrogens (primary N) is 1. The quantitative estimate of drug-likeness (QED) is 0.663. The van der Waals surface area contributed by atoms with Gasteiger partial charge in [-0.25, -0.2) is 0 Å². The Morgan fingerprint density at radius 3 is 3.00 bits per heavy atom. The van der Waals surface area contributed by atoms with E-state index in [4.69, 9.17) is 10.5 Å². The molecule has 1 fully saturated rings. The number of carbonyl (C=O) groups is 1. The van der Waals surface area contributed by atoms with E-state index >= 15 is 0 Å². The molecule has 1 aliphatic heterocycles. The molecule has 2 rings (SSSR count). The summed E-state index contributed by atoms with van der Waals surface area (Å²) in [6, 6.07) is 0. The van der Waals surface area contributed by atoms with E-state index in [0.717, 1.165) is 25.7 Å². The third kappa shape index (κ3) is 1.17. The van der Waals surface area contributed by atoms with Gasteiger partial charge in [0.25, 0.3) is 11.9 Å². The van der Waals surface area contributed by atoms with Crippen molar-refractivity contribution in [3.05, 3.63) is 11.5 Å². The zero-order valence-corrected chi connectivity index (χ0v) is 8.25. The van der Waals surface area contributed by atoms with Crippen LogP contribution in [0.15, 0.2) is 11.5 Å². The van der Waals surface area contributed by atoms with Gasteiger partial charge in [0.1, 0.15) is 11.2 Å². The van der Waals surface area contributed by atoms with Gasteiger partial charge >= 0.3 is 0 Å². The third-order valence-corrected chi connectivity index (χ3v) is 3.33. The summed E-state index contributed by atoms with van der Waals surface area (Å²) in [5.41, 5.74) is 5.09. The molecule has 1 saturated carbocycles. The molecule has 2 aliphatic rings. The van der Waals surface area contributed by atoms with Crippen LogP contribution in [0.25, 0.3) is 0 Å². The van der Waals surface area contributed by atoms with Crippen molar-refractivity contribution in [3.8, 4) is 0 Å². The van der Waals surface area contributed by atoms with Gasteiger partial charge in [0, 0.05) is 5.92 Å². The van der Waals surface area contributed by atoms with Crippen LogP contribution in [0, 0.1) is 5.92 Å². The monoisotopic (exact) mass is 197 g/mol. The predicted molar refractivity (Wildman–Crippen MR) is 50.3 cm³/mol. The number of aliphatic hydroxyl groups excluding tert-OH is 1. The van der Waals surface area contributed by atoms with Crippen molar-refractivity contribution >= 4 is 5.91 Å². The van der Waals surface area contributed by atoms with E-state index in [2.05, 4.69) is 0 Å². The Kier molecular flexibility index (Phi) is 1.94. The van der Waals surface area contributed by atoms with Crippen molar-refractivity contribution < 1.29 is 14.6 Å². The Balaban J connectivity index is 2.33. The molecule has 14 heavy (non-hydrogen) atoms. The van der Waals surface area contributed by atoms with Gasteiger partial charge in [-0.3, -0.25) is 4.79 Å². The molecule has 0 saturated heterocycles. The van der Waals surface area contributed by atoms with Gasteiger partial charge in [-0.2, -0.15) is 0 Å². The standard InChI is InChI=1S/C10H15NO3/c1-10-5-3-2-4-6(10)7(8(11)12)9(13)14-10/h6,13H,2-5H2,1H3,(H2,11,12). The summed E-state index contributed by atoms with van der Waals surface area (Å²) >= 11 is 0. The molecule has 0 bridgehead atoms. The van der Waals surface area contributed by atoms with Gasteiger partial charge in [0.2, 0.25) is 0 Å². The molecule has 3 N–H and O–H groups in total. The first-order valence-electron chi connectivity index (χ1n) is 4.96. The maximum atomic E-state index is 11.1. The summed E-state index contributed by atoms with van der Waals surface area (Å²) in [6.45, 7) is 1.93. The van der Waals surface area contributed by atoms with E-state index in [0.29, 0.717) is 0 Å².